The third-order valence-electron chi connectivity index (χ3n) is 6.72. The van der Waals surface area contributed by atoms with Gasteiger partial charge in [-0.2, -0.15) is 0 Å². The number of rotatable bonds is 7. The van der Waals surface area contributed by atoms with Crippen molar-refractivity contribution in [2.45, 2.75) is 40.8 Å². The third-order valence-corrected chi connectivity index (χ3v) is 8.77. The lowest BCUT2D eigenvalue weighted by atomic mass is 9.94. The number of carbonyl (C=O) groups is 1. The van der Waals surface area contributed by atoms with E-state index in [2.05, 4.69) is 26.7 Å². The number of nitrogens with zero attached hydrogens (tertiary/aromatic N) is 5. The summed E-state index contributed by atoms with van der Waals surface area (Å²) in [4.78, 5) is 28.6. The van der Waals surface area contributed by atoms with E-state index in [1.165, 1.54) is 6.33 Å². The van der Waals surface area contributed by atoms with E-state index in [9.17, 15) is 4.79 Å². The molecule has 1 saturated heterocycles. The van der Waals surface area contributed by atoms with E-state index < -0.39 is 0 Å². The number of aryl methyl sites for hydroxylation is 1. The number of piperidine rings is 1. The second kappa shape index (κ2) is 10.1. The van der Waals surface area contributed by atoms with Gasteiger partial charge in [0.15, 0.2) is 22.1 Å². The molecule has 0 radical (unpaired) electrons. The Morgan fingerprint density at radius 1 is 1.25 bits per heavy atom. The van der Waals surface area contributed by atoms with Crippen LogP contribution in [0.5, 0.6) is 5.75 Å². The number of hydrogen-bond donors (Lipinski definition) is 1. The summed E-state index contributed by atoms with van der Waals surface area (Å²) in [6.07, 6.45) is 7.12. The molecule has 2 aliphatic heterocycles. The molecule has 1 fully saturated rings. The number of benzene rings is 1. The van der Waals surface area contributed by atoms with Crippen molar-refractivity contribution in [3.05, 3.63) is 36.9 Å². The number of anilines is 1. The van der Waals surface area contributed by atoms with E-state index in [0.29, 0.717) is 23.9 Å². The van der Waals surface area contributed by atoms with E-state index in [0.717, 1.165) is 88.7 Å². The average Bonchev–Trinajstić information content (AvgIpc) is 3.57. The number of aromatic nitrogens is 4. The molecule has 0 atom stereocenters. The van der Waals surface area contributed by atoms with Crippen molar-refractivity contribution in [2.75, 3.05) is 31.2 Å². The number of nitrogens with two attached hydrogens (primary N) is 1. The molecule has 2 aliphatic rings. The Morgan fingerprint density at radius 3 is 2.94 bits per heavy atom. The number of carbonyl (C=O) groups excluding carboxylic acids is 1. The molecule has 3 aromatic heterocycles. The van der Waals surface area contributed by atoms with Gasteiger partial charge < -0.3 is 24.4 Å². The van der Waals surface area contributed by atoms with E-state index in [4.69, 9.17) is 19.9 Å². The van der Waals surface area contributed by atoms with Crippen molar-refractivity contribution in [2.24, 2.45) is 5.92 Å². The Balaban J connectivity index is 1.35. The molecule has 9 nitrogen and oxygen atoms in total. The highest BCUT2D eigenvalue weighted by atomic mass is 32.2. The van der Waals surface area contributed by atoms with E-state index in [1.54, 1.807) is 29.8 Å². The molecule has 0 bridgehead atoms. The summed E-state index contributed by atoms with van der Waals surface area (Å²) in [7, 11) is 0. The molecule has 36 heavy (non-hydrogen) atoms. The van der Waals surface area contributed by atoms with Crippen LogP contribution in [0.3, 0.4) is 0 Å². The molecule has 1 aromatic carbocycles. The Kier molecular flexibility index (Phi) is 6.49. The Morgan fingerprint density at radius 2 is 2.14 bits per heavy atom. The Labute approximate surface area is 216 Å². The van der Waals surface area contributed by atoms with Crippen LogP contribution in [-0.4, -0.2) is 56.3 Å². The highest BCUT2D eigenvalue weighted by molar-refractivity contribution is 7.99. The predicted molar refractivity (Wildman–Crippen MR) is 139 cm³/mol. The summed E-state index contributed by atoms with van der Waals surface area (Å²) < 4.78 is 13.9. The van der Waals surface area contributed by atoms with Crippen molar-refractivity contribution >= 4 is 46.9 Å². The molecule has 5 heterocycles. The zero-order chi connectivity index (χ0) is 24.5. The standard InChI is InChI=1S/C25H26N6O3S2/c26-23-22-24(28-14-27-23)31(8-5-16-3-6-30(15-32)7-4-16)25(29-22)36-20-13-19-21(35-11-10-34-19)12-17(20)18-2-1-9-33-18/h1-2,9,12-16H,3-8,10-11H2,(H2,26,27,28). The Bertz CT molecular complexity index is 1380. The average molecular weight is 523 g/mol. The zero-order valence-corrected chi connectivity index (χ0v) is 21.3. The van der Waals surface area contributed by atoms with Crippen LogP contribution in [0.15, 0.2) is 56.2 Å². The first-order valence-corrected chi connectivity index (χ1v) is 13.8. The van der Waals surface area contributed by atoms with E-state index in [1.807, 2.05) is 17.0 Å². The van der Waals surface area contributed by atoms with Gasteiger partial charge in [-0.05, 0) is 49.4 Å². The molecule has 6 rings (SSSR count). The summed E-state index contributed by atoms with van der Waals surface area (Å²) in [5.74, 6) is 3.53. The van der Waals surface area contributed by atoms with E-state index in [-0.39, 0.29) is 0 Å². The SMILES string of the molecule is Nc1ncnc2c1nc(Sc1cc3c(cc1-c1ccco1)SCCO3)n2CCC1CCN(C=O)CC1. The molecule has 0 aliphatic carbocycles. The summed E-state index contributed by atoms with van der Waals surface area (Å²) >= 11 is 3.35. The topological polar surface area (TPSA) is 112 Å². The largest absolute Gasteiger partial charge is 0.492 e. The fourth-order valence-electron chi connectivity index (χ4n) is 4.75. The van der Waals surface area contributed by atoms with Gasteiger partial charge in [-0.3, -0.25) is 4.79 Å². The second-order valence-corrected chi connectivity index (χ2v) is 11.1. The molecule has 11 heteroatoms. The summed E-state index contributed by atoms with van der Waals surface area (Å²) in [6, 6.07) is 8.09. The number of hydrogen-bond acceptors (Lipinski definition) is 9. The third kappa shape index (κ3) is 4.53. The number of ether oxygens (including phenoxy) is 1. The van der Waals surface area contributed by atoms with E-state index >= 15 is 0 Å². The van der Waals surface area contributed by atoms with Gasteiger partial charge in [0, 0.05) is 35.8 Å². The van der Waals surface area contributed by atoms with Gasteiger partial charge >= 0.3 is 0 Å². The first-order valence-electron chi connectivity index (χ1n) is 12.0. The van der Waals surface area contributed by atoms with Crippen LogP contribution >= 0.6 is 23.5 Å². The maximum Gasteiger partial charge on any atom is 0.209 e. The summed E-state index contributed by atoms with van der Waals surface area (Å²) in [6.45, 7) is 3.08. The van der Waals surface area contributed by atoms with Crippen molar-refractivity contribution in [3.63, 3.8) is 0 Å². The second-order valence-electron chi connectivity index (χ2n) is 8.92. The van der Waals surface area contributed by atoms with Crippen LogP contribution in [0.25, 0.3) is 22.5 Å². The fourth-order valence-corrected chi connectivity index (χ4v) is 6.65. The van der Waals surface area contributed by atoms with Gasteiger partial charge in [-0.15, -0.1) is 11.8 Å². The van der Waals surface area contributed by atoms with Crippen molar-refractivity contribution in [1.82, 2.24) is 24.4 Å². The van der Waals surface area contributed by atoms with Gasteiger partial charge in [0.25, 0.3) is 0 Å². The number of furan rings is 1. The Hall–Kier alpha value is -3.18. The monoisotopic (exact) mass is 522 g/mol. The first kappa shape index (κ1) is 23.2. The molecule has 0 saturated carbocycles. The lowest BCUT2D eigenvalue weighted by Crippen LogP contribution is -2.32. The lowest BCUT2D eigenvalue weighted by molar-refractivity contribution is -0.119. The summed E-state index contributed by atoms with van der Waals surface area (Å²) in [5, 5.41) is 0.804. The van der Waals surface area contributed by atoms with Crippen LogP contribution < -0.4 is 10.5 Å². The smallest absolute Gasteiger partial charge is 0.209 e. The van der Waals surface area contributed by atoms with Crippen LogP contribution in [-0.2, 0) is 11.3 Å². The van der Waals surface area contributed by atoms with Gasteiger partial charge in [-0.1, -0.05) is 11.8 Å². The van der Waals surface area contributed by atoms with Crippen LogP contribution in [0.2, 0.25) is 0 Å². The quantitative estimate of drug-likeness (QED) is 0.349. The zero-order valence-electron chi connectivity index (χ0n) is 19.6. The normalized spacial score (nSPS) is 16.2. The molecule has 2 N–H and O–H groups in total. The molecule has 0 spiro atoms. The van der Waals surface area contributed by atoms with Crippen molar-refractivity contribution in [1.29, 1.82) is 0 Å². The number of likely N-dealkylation sites (tertiary alicyclic amines) is 1. The molecule has 1 amide bonds. The number of fused-ring (bicyclic) bond motifs is 2. The van der Waals surface area contributed by atoms with Crippen molar-refractivity contribution in [3.8, 4) is 17.1 Å². The van der Waals surface area contributed by atoms with Gasteiger partial charge in [0.2, 0.25) is 6.41 Å². The molecule has 4 aromatic rings. The highest BCUT2D eigenvalue weighted by Crippen LogP contribution is 2.44. The number of amides is 1. The van der Waals surface area contributed by atoms with Crippen LogP contribution in [0.1, 0.15) is 19.3 Å². The minimum absolute atomic E-state index is 0.372. The molecular formula is C25H26N6O3S2. The first-order chi connectivity index (χ1) is 17.7. The lowest BCUT2D eigenvalue weighted by Gasteiger charge is -2.29. The molecule has 186 valence electrons. The van der Waals surface area contributed by atoms with Gasteiger partial charge in [0.1, 0.15) is 17.8 Å². The maximum atomic E-state index is 11.1. The van der Waals surface area contributed by atoms with Crippen LogP contribution in [0, 0.1) is 5.92 Å². The minimum atomic E-state index is 0.372. The number of thioether (sulfide) groups is 1. The predicted octanol–water partition coefficient (Wildman–Crippen LogP) is 4.56. The number of nitrogen functional groups attached to an aromatic ring is 1. The van der Waals surface area contributed by atoms with Crippen molar-refractivity contribution < 1.29 is 13.9 Å². The number of imidazole rings is 1. The maximum absolute atomic E-state index is 11.1. The minimum Gasteiger partial charge on any atom is -0.492 e. The van der Waals surface area contributed by atoms with Gasteiger partial charge in [0.05, 0.1) is 17.8 Å². The summed E-state index contributed by atoms with van der Waals surface area (Å²) in [5.41, 5.74) is 8.53. The molecule has 0 unspecified atom stereocenters. The molecular weight excluding hydrogens is 496 g/mol. The van der Waals surface area contributed by atoms with Crippen LogP contribution in [0.4, 0.5) is 5.82 Å². The fraction of sp³-hybridized carbons (Fsp3) is 0.360. The van der Waals surface area contributed by atoms with Gasteiger partial charge in [-0.25, -0.2) is 15.0 Å². The highest BCUT2D eigenvalue weighted by Gasteiger charge is 2.23.